The lowest BCUT2D eigenvalue weighted by Crippen LogP contribution is -2.33. The molecule has 0 aliphatic rings. The van der Waals surface area contributed by atoms with Gasteiger partial charge in [-0.25, -0.2) is 4.98 Å². The van der Waals surface area contributed by atoms with Crippen LogP contribution in [0.2, 0.25) is 0 Å². The minimum atomic E-state index is -0.420. The molecule has 0 spiro atoms. The number of nitrogens with one attached hydrogen (secondary N) is 1. The van der Waals surface area contributed by atoms with Gasteiger partial charge in [0.2, 0.25) is 11.9 Å². The summed E-state index contributed by atoms with van der Waals surface area (Å²) in [6, 6.07) is 5.42. The second kappa shape index (κ2) is 6.40. The molecule has 1 heterocycles. The number of nitrogens with two attached hydrogens (primary N) is 1. The topological polar surface area (TPSA) is 82.2 Å². The lowest BCUT2D eigenvalue weighted by molar-refractivity contribution is -0.123. The van der Waals surface area contributed by atoms with Crippen molar-refractivity contribution in [1.82, 2.24) is 14.9 Å². The first-order valence-corrected chi connectivity index (χ1v) is 7.32. The van der Waals surface area contributed by atoms with Crippen molar-refractivity contribution in [3.8, 4) is 0 Å². The Kier molecular flexibility index (Phi) is 4.81. The predicted molar refractivity (Wildman–Crippen MR) is 86.5 cm³/mol. The number of anilines is 1. The molecule has 1 unspecified atom stereocenters. The van der Waals surface area contributed by atoms with Gasteiger partial charge in [0, 0.05) is 17.2 Å². The quantitative estimate of drug-likeness (QED) is 0.602. The lowest BCUT2D eigenvalue weighted by atomic mass is 10.2. The zero-order valence-corrected chi connectivity index (χ0v) is 13.5. The second-order valence-electron chi connectivity index (χ2n) is 4.43. The highest BCUT2D eigenvalue weighted by Crippen LogP contribution is 2.24. The summed E-state index contributed by atoms with van der Waals surface area (Å²) in [5.41, 5.74) is 7.60. The third-order valence-electron chi connectivity index (χ3n) is 3.05. The number of imidazole rings is 1. The van der Waals surface area contributed by atoms with Crippen molar-refractivity contribution in [1.29, 1.82) is 0 Å². The van der Waals surface area contributed by atoms with Crippen LogP contribution in [0.15, 0.2) is 18.2 Å². The Morgan fingerprint density at radius 3 is 3.05 bits per heavy atom. The summed E-state index contributed by atoms with van der Waals surface area (Å²) in [4.78, 5) is 16.4. The van der Waals surface area contributed by atoms with Crippen LogP contribution in [0.4, 0.5) is 5.95 Å². The van der Waals surface area contributed by atoms with Gasteiger partial charge in [0.15, 0.2) is 0 Å². The van der Waals surface area contributed by atoms with Crippen molar-refractivity contribution in [2.24, 2.45) is 0 Å². The minimum absolute atomic E-state index is 0.105. The Labute approximate surface area is 130 Å². The fourth-order valence-corrected chi connectivity index (χ4v) is 2.51. The van der Waals surface area contributed by atoms with E-state index in [4.69, 9.17) is 10.5 Å². The molecule has 1 amide bonds. The van der Waals surface area contributed by atoms with Gasteiger partial charge in [-0.1, -0.05) is 0 Å². The standard InChI is InChI=1S/C13H17IN4O2/c1-8(12(19)16-5-6-20-2)18-11-4-3-9(14)7-10(11)17-13(18)15/h3-4,7-8H,5-6H2,1-2H3,(H2,15,17)(H,16,19). The predicted octanol–water partition coefficient (Wildman–Crippen LogP) is 1.55. The van der Waals surface area contributed by atoms with Crippen LogP contribution in [-0.4, -0.2) is 35.7 Å². The molecule has 0 fully saturated rings. The average Bonchev–Trinajstić information content (AvgIpc) is 2.73. The van der Waals surface area contributed by atoms with E-state index in [0.717, 1.165) is 14.6 Å². The number of hydrogen-bond donors (Lipinski definition) is 2. The number of benzene rings is 1. The number of ether oxygens (including phenoxy) is 1. The van der Waals surface area contributed by atoms with Crippen LogP contribution in [0.25, 0.3) is 11.0 Å². The van der Waals surface area contributed by atoms with Gasteiger partial charge >= 0.3 is 0 Å². The van der Waals surface area contributed by atoms with Gasteiger partial charge in [-0.15, -0.1) is 0 Å². The van der Waals surface area contributed by atoms with E-state index in [0.29, 0.717) is 19.1 Å². The molecule has 1 aromatic carbocycles. The molecule has 1 aromatic heterocycles. The van der Waals surface area contributed by atoms with Crippen LogP contribution in [0.5, 0.6) is 0 Å². The Bertz CT molecular complexity index is 626. The molecule has 0 radical (unpaired) electrons. The summed E-state index contributed by atoms with van der Waals surface area (Å²) < 4.78 is 7.73. The monoisotopic (exact) mass is 388 g/mol. The van der Waals surface area contributed by atoms with Gasteiger partial charge in [0.1, 0.15) is 6.04 Å². The third kappa shape index (κ3) is 3.04. The van der Waals surface area contributed by atoms with Gasteiger partial charge in [-0.05, 0) is 47.7 Å². The number of nitrogen functional groups attached to an aromatic ring is 1. The Balaban J connectivity index is 2.27. The number of amides is 1. The molecular weight excluding hydrogens is 371 g/mol. The van der Waals surface area contributed by atoms with E-state index in [-0.39, 0.29) is 5.91 Å². The maximum absolute atomic E-state index is 12.1. The second-order valence-corrected chi connectivity index (χ2v) is 5.68. The van der Waals surface area contributed by atoms with Gasteiger partial charge in [-0.3, -0.25) is 9.36 Å². The SMILES string of the molecule is COCCNC(=O)C(C)n1c(N)nc2cc(I)ccc21. The molecule has 0 saturated heterocycles. The first kappa shape index (κ1) is 15.0. The number of hydrogen-bond acceptors (Lipinski definition) is 4. The largest absolute Gasteiger partial charge is 0.383 e. The van der Waals surface area contributed by atoms with Gasteiger partial charge in [0.05, 0.1) is 17.6 Å². The number of carbonyl (C=O) groups is 1. The van der Waals surface area contributed by atoms with Gasteiger partial charge < -0.3 is 15.8 Å². The third-order valence-corrected chi connectivity index (χ3v) is 3.72. The number of methoxy groups -OCH3 is 1. The number of fused-ring (bicyclic) bond motifs is 1. The molecule has 6 nitrogen and oxygen atoms in total. The average molecular weight is 388 g/mol. The van der Waals surface area contributed by atoms with Crippen molar-refractivity contribution in [2.75, 3.05) is 26.0 Å². The summed E-state index contributed by atoms with van der Waals surface area (Å²) in [6.45, 7) is 2.76. The van der Waals surface area contributed by atoms with E-state index >= 15 is 0 Å². The highest BCUT2D eigenvalue weighted by Gasteiger charge is 2.20. The van der Waals surface area contributed by atoms with Crippen LogP contribution in [0, 0.1) is 3.57 Å². The van der Waals surface area contributed by atoms with Crippen LogP contribution < -0.4 is 11.1 Å². The fraction of sp³-hybridized carbons (Fsp3) is 0.385. The van der Waals surface area contributed by atoms with Crippen LogP contribution in [0.1, 0.15) is 13.0 Å². The lowest BCUT2D eigenvalue weighted by Gasteiger charge is -2.15. The summed E-state index contributed by atoms with van der Waals surface area (Å²) in [6.07, 6.45) is 0. The molecule has 7 heteroatoms. The van der Waals surface area contributed by atoms with E-state index in [2.05, 4.69) is 32.9 Å². The van der Waals surface area contributed by atoms with E-state index in [9.17, 15) is 4.79 Å². The van der Waals surface area contributed by atoms with E-state index in [1.807, 2.05) is 18.2 Å². The zero-order chi connectivity index (χ0) is 14.7. The Hall–Kier alpha value is -1.35. The van der Waals surface area contributed by atoms with Crippen LogP contribution >= 0.6 is 22.6 Å². The number of rotatable bonds is 5. The molecule has 3 N–H and O–H groups in total. The summed E-state index contributed by atoms with van der Waals surface area (Å²) in [7, 11) is 1.60. The molecule has 0 saturated carbocycles. The maximum atomic E-state index is 12.1. The zero-order valence-electron chi connectivity index (χ0n) is 11.4. The van der Waals surface area contributed by atoms with Crippen LogP contribution in [0.3, 0.4) is 0 Å². The first-order valence-electron chi connectivity index (χ1n) is 6.24. The molecule has 1 atom stereocenters. The van der Waals surface area contributed by atoms with E-state index in [1.54, 1.807) is 18.6 Å². The number of aromatic nitrogens is 2. The van der Waals surface area contributed by atoms with Gasteiger partial charge in [0.25, 0.3) is 0 Å². The first-order chi connectivity index (χ1) is 9.54. The molecule has 2 rings (SSSR count). The van der Waals surface area contributed by atoms with Crippen molar-refractivity contribution in [2.45, 2.75) is 13.0 Å². The van der Waals surface area contributed by atoms with Gasteiger partial charge in [-0.2, -0.15) is 0 Å². The molecule has 0 aliphatic heterocycles. The van der Waals surface area contributed by atoms with E-state index < -0.39 is 6.04 Å². The van der Waals surface area contributed by atoms with Crippen molar-refractivity contribution in [3.05, 3.63) is 21.8 Å². The maximum Gasteiger partial charge on any atom is 0.242 e. The van der Waals surface area contributed by atoms with Crippen molar-refractivity contribution < 1.29 is 9.53 Å². The summed E-state index contributed by atoms with van der Waals surface area (Å²) in [5.74, 6) is 0.239. The molecule has 20 heavy (non-hydrogen) atoms. The van der Waals surface area contributed by atoms with Crippen molar-refractivity contribution >= 4 is 45.5 Å². The number of nitrogens with zero attached hydrogens (tertiary/aromatic N) is 2. The Morgan fingerprint density at radius 2 is 2.35 bits per heavy atom. The molecule has 0 aliphatic carbocycles. The number of halogens is 1. The van der Waals surface area contributed by atoms with Crippen molar-refractivity contribution in [3.63, 3.8) is 0 Å². The number of carbonyl (C=O) groups excluding carboxylic acids is 1. The normalized spacial score (nSPS) is 12.6. The van der Waals surface area contributed by atoms with Crippen LogP contribution in [-0.2, 0) is 9.53 Å². The minimum Gasteiger partial charge on any atom is -0.383 e. The van der Waals surface area contributed by atoms with E-state index in [1.165, 1.54) is 0 Å². The smallest absolute Gasteiger partial charge is 0.242 e. The molecule has 2 aromatic rings. The summed E-state index contributed by atoms with van der Waals surface area (Å²) in [5, 5.41) is 2.81. The summed E-state index contributed by atoms with van der Waals surface area (Å²) >= 11 is 2.22. The fourth-order valence-electron chi connectivity index (χ4n) is 2.04. The highest BCUT2D eigenvalue weighted by atomic mass is 127. The Morgan fingerprint density at radius 1 is 1.60 bits per heavy atom. The molecule has 0 bridgehead atoms. The molecular formula is C13H17IN4O2. The highest BCUT2D eigenvalue weighted by molar-refractivity contribution is 14.1. The molecule has 108 valence electrons.